The van der Waals surface area contributed by atoms with Gasteiger partial charge in [-0.15, -0.1) is 0 Å². The number of furan rings is 1. The van der Waals surface area contributed by atoms with E-state index in [9.17, 15) is 9.90 Å². The molecule has 0 radical (unpaired) electrons. The van der Waals surface area contributed by atoms with Crippen molar-refractivity contribution in [2.75, 3.05) is 0 Å². The monoisotopic (exact) mass is 299 g/mol. The Morgan fingerprint density at radius 2 is 2.14 bits per heavy atom. The molecule has 4 rings (SSSR count). The van der Waals surface area contributed by atoms with Crippen LogP contribution in [-0.2, 0) is 11.3 Å². The second-order valence-corrected chi connectivity index (χ2v) is 6.63. The molecule has 1 aliphatic heterocycles. The number of rotatable bonds is 3. The van der Waals surface area contributed by atoms with Crippen LogP contribution in [0.15, 0.2) is 34.9 Å². The summed E-state index contributed by atoms with van der Waals surface area (Å²) in [7, 11) is 0. The fourth-order valence-corrected chi connectivity index (χ4v) is 4.40. The van der Waals surface area contributed by atoms with E-state index in [4.69, 9.17) is 4.42 Å². The van der Waals surface area contributed by atoms with Crippen molar-refractivity contribution < 1.29 is 14.3 Å². The van der Waals surface area contributed by atoms with Crippen LogP contribution in [0.5, 0.6) is 0 Å². The summed E-state index contributed by atoms with van der Waals surface area (Å²) in [6, 6.07) is 8.14. The summed E-state index contributed by atoms with van der Waals surface area (Å²) >= 11 is 0. The van der Waals surface area contributed by atoms with Gasteiger partial charge in [0.2, 0.25) is 0 Å². The third kappa shape index (κ3) is 2.22. The fourth-order valence-electron chi connectivity index (χ4n) is 4.40. The smallest absolute Gasteiger partial charge is 0.320 e. The van der Waals surface area contributed by atoms with E-state index in [1.54, 1.807) is 6.26 Å². The maximum atomic E-state index is 11.7. The molecule has 0 amide bonds. The summed E-state index contributed by atoms with van der Waals surface area (Å²) in [5.74, 6) is -0.133. The zero-order valence-corrected chi connectivity index (χ0v) is 12.6. The van der Waals surface area contributed by atoms with Crippen molar-refractivity contribution in [2.45, 2.75) is 50.7 Å². The molecule has 1 saturated carbocycles. The molecule has 1 aliphatic carbocycles. The molecule has 2 aliphatic rings. The van der Waals surface area contributed by atoms with Crippen molar-refractivity contribution in [3.05, 3.63) is 36.1 Å². The first kappa shape index (κ1) is 13.8. The van der Waals surface area contributed by atoms with Crippen LogP contribution in [0.3, 0.4) is 0 Å². The molecule has 2 aromatic rings. The molecule has 3 unspecified atom stereocenters. The van der Waals surface area contributed by atoms with Crippen molar-refractivity contribution in [1.82, 2.24) is 4.90 Å². The second kappa shape index (κ2) is 5.43. The molecular weight excluding hydrogens is 278 g/mol. The van der Waals surface area contributed by atoms with Crippen molar-refractivity contribution in [1.29, 1.82) is 0 Å². The van der Waals surface area contributed by atoms with Gasteiger partial charge in [-0.25, -0.2) is 0 Å². The highest BCUT2D eigenvalue weighted by atomic mass is 16.4. The first-order chi connectivity index (χ1) is 10.7. The van der Waals surface area contributed by atoms with Crippen LogP contribution in [0.25, 0.3) is 11.0 Å². The Kier molecular flexibility index (Phi) is 3.41. The number of fused-ring (bicyclic) bond motifs is 2. The Hall–Kier alpha value is -1.81. The predicted molar refractivity (Wildman–Crippen MR) is 83.5 cm³/mol. The van der Waals surface area contributed by atoms with Crippen molar-refractivity contribution >= 4 is 16.9 Å². The lowest BCUT2D eigenvalue weighted by Crippen LogP contribution is -2.41. The van der Waals surface area contributed by atoms with Gasteiger partial charge in [0.05, 0.1) is 6.26 Å². The van der Waals surface area contributed by atoms with Crippen LogP contribution in [0.1, 0.15) is 37.7 Å². The van der Waals surface area contributed by atoms with E-state index in [0.29, 0.717) is 18.5 Å². The number of para-hydroxylation sites is 1. The highest BCUT2D eigenvalue weighted by Crippen LogP contribution is 2.41. The van der Waals surface area contributed by atoms with Gasteiger partial charge >= 0.3 is 5.97 Å². The second-order valence-electron chi connectivity index (χ2n) is 6.63. The topological polar surface area (TPSA) is 53.7 Å². The predicted octanol–water partition coefficient (Wildman–Crippen LogP) is 3.65. The summed E-state index contributed by atoms with van der Waals surface area (Å²) in [6.45, 7) is 0.670. The summed E-state index contributed by atoms with van der Waals surface area (Å²) in [5, 5.41) is 10.7. The molecule has 4 nitrogen and oxygen atoms in total. The zero-order valence-electron chi connectivity index (χ0n) is 12.6. The Balaban J connectivity index is 1.66. The molecular formula is C18H21NO3. The zero-order chi connectivity index (χ0) is 15.1. The summed E-state index contributed by atoms with van der Waals surface area (Å²) in [6.07, 6.45) is 7.27. The van der Waals surface area contributed by atoms with Crippen molar-refractivity contribution in [3.63, 3.8) is 0 Å². The third-order valence-corrected chi connectivity index (χ3v) is 5.42. The molecule has 2 fully saturated rings. The minimum atomic E-state index is -0.680. The quantitative estimate of drug-likeness (QED) is 0.940. The van der Waals surface area contributed by atoms with E-state index in [-0.39, 0.29) is 6.04 Å². The fraction of sp³-hybridized carbons (Fsp3) is 0.500. The van der Waals surface area contributed by atoms with Crippen molar-refractivity contribution in [3.8, 4) is 0 Å². The highest BCUT2D eigenvalue weighted by Gasteiger charge is 2.45. The molecule has 22 heavy (non-hydrogen) atoms. The lowest BCUT2D eigenvalue weighted by molar-refractivity contribution is -0.142. The van der Waals surface area contributed by atoms with E-state index in [2.05, 4.69) is 11.0 Å². The Labute approximate surface area is 129 Å². The number of carboxylic acids is 1. The maximum absolute atomic E-state index is 11.7. The van der Waals surface area contributed by atoms with Crippen LogP contribution < -0.4 is 0 Å². The summed E-state index contributed by atoms with van der Waals surface area (Å²) in [4.78, 5) is 13.9. The maximum Gasteiger partial charge on any atom is 0.320 e. The molecule has 2 heterocycles. The van der Waals surface area contributed by atoms with Gasteiger partial charge in [-0.1, -0.05) is 31.0 Å². The van der Waals surface area contributed by atoms with E-state index >= 15 is 0 Å². The van der Waals surface area contributed by atoms with Gasteiger partial charge in [-0.05, 0) is 31.2 Å². The number of hydrogen-bond acceptors (Lipinski definition) is 3. The van der Waals surface area contributed by atoms with Gasteiger partial charge < -0.3 is 9.52 Å². The van der Waals surface area contributed by atoms with Gasteiger partial charge in [0, 0.05) is 23.5 Å². The molecule has 1 saturated heterocycles. The van der Waals surface area contributed by atoms with Gasteiger partial charge in [-0.3, -0.25) is 9.69 Å². The van der Waals surface area contributed by atoms with E-state index in [0.717, 1.165) is 29.4 Å². The van der Waals surface area contributed by atoms with E-state index < -0.39 is 5.97 Å². The van der Waals surface area contributed by atoms with E-state index in [1.165, 1.54) is 19.3 Å². The Bertz CT molecular complexity index is 692. The number of carboxylic acid groups (broad SMARTS) is 1. The number of aliphatic carboxylic acids is 1. The van der Waals surface area contributed by atoms with Crippen LogP contribution in [0, 0.1) is 5.92 Å². The van der Waals surface area contributed by atoms with Crippen molar-refractivity contribution in [2.24, 2.45) is 5.92 Å². The van der Waals surface area contributed by atoms with Crippen LogP contribution in [-0.4, -0.2) is 28.1 Å². The third-order valence-electron chi connectivity index (χ3n) is 5.42. The lowest BCUT2D eigenvalue weighted by atomic mass is 9.84. The molecule has 4 heteroatoms. The summed E-state index contributed by atoms with van der Waals surface area (Å²) in [5.41, 5.74) is 1.99. The van der Waals surface area contributed by atoms with Gasteiger partial charge in [-0.2, -0.15) is 0 Å². The lowest BCUT2D eigenvalue weighted by Gasteiger charge is -2.33. The van der Waals surface area contributed by atoms with Gasteiger partial charge in [0.15, 0.2) is 0 Å². The highest BCUT2D eigenvalue weighted by molar-refractivity contribution is 5.80. The number of nitrogens with zero attached hydrogens (tertiary/aromatic N) is 1. The molecule has 3 atom stereocenters. The summed E-state index contributed by atoms with van der Waals surface area (Å²) < 4.78 is 5.62. The Morgan fingerprint density at radius 3 is 3.00 bits per heavy atom. The normalized spacial score (nSPS) is 28.8. The Morgan fingerprint density at radius 1 is 1.27 bits per heavy atom. The van der Waals surface area contributed by atoms with Gasteiger partial charge in [0.25, 0.3) is 0 Å². The largest absolute Gasteiger partial charge is 0.480 e. The number of likely N-dealkylation sites (tertiary alicyclic amines) is 1. The molecule has 116 valence electrons. The minimum Gasteiger partial charge on any atom is -0.480 e. The number of hydrogen-bond donors (Lipinski definition) is 1. The standard InChI is InChI=1S/C18H21NO3/c20-18(21)16-10-13-4-1-2-7-15(13)19(16)11-14-6-3-5-12-8-9-22-17(12)14/h3,5-6,8-9,13,15-16H,1-2,4,7,10-11H2,(H,20,21). The molecule has 0 spiro atoms. The molecule has 0 bridgehead atoms. The van der Waals surface area contributed by atoms with Crippen LogP contribution in [0.4, 0.5) is 0 Å². The SMILES string of the molecule is O=C(O)C1CC2CCCCC2N1Cc1cccc2ccoc12. The first-order valence-electron chi connectivity index (χ1n) is 8.17. The molecule has 1 aromatic heterocycles. The molecule has 1 N–H and O–H groups in total. The average Bonchev–Trinajstić information content (AvgIpc) is 3.13. The first-order valence-corrected chi connectivity index (χ1v) is 8.17. The van der Waals surface area contributed by atoms with Crippen LogP contribution >= 0.6 is 0 Å². The van der Waals surface area contributed by atoms with Crippen LogP contribution in [0.2, 0.25) is 0 Å². The van der Waals surface area contributed by atoms with Gasteiger partial charge in [0.1, 0.15) is 11.6 Å². The number of benzene rings is 1. The van der Waals surface area contributed by atoms with E-state index in [1.807, 2.05) is 18.2 Å². The average molecular weight is 299 g/mol. The minimum absolute atomic E-state index is 0.349. The number of carbonyl (C=O) groups is 1. The molecule has 1 aromatic carbocycles.